The normalized spacial score (nSPS) is 17.9. The first kappa shape index (κ1) is 25.7. The maximum absolute atomic E-state index is 13.4. The third kappa shape index (κ3) is 5.28. The van der Waals surface area contributed by atoms with Crippen molar-refractivity contribution in [2.24, 2.45) is 5.92 Å². The number of anilines is 2. The maximum Gasteiger partial charge on any atom is 0.257 e. The van der Waals surface area contributed by atoms with E-state index in [-0.39, 0.29) is 27.5 Å². The molecule has 5 nitrogen and oxygen atoms in total. The number of alkyl halides is 2. The van der Waals surface area contributed by atoms with Gasteiger partial charge in [0.2, 0.25) is 5.91 Å². The molecule has 2 amide bonds. The number of hydrogen-bond acceptors (Lipinski definition) is 3. The standard InChI is InChI=1S/C24H13BrCl4FN3O2/c25-16-8-11(1-4-18(16)27)20-21(24(20,28)29)23(35)32-14-3-5-17(26)15(9-14)22(34)33-19-6-2-13(30)7-12(19)10-31/h1-9,20-21H,(H,32,35)(H,33,34)/t20-,21+/m1/s1. The zero-order valence-electron chi connectivity index (χ0n) is 17.4. The molecule has 3 aromatic rings. The Morgan fingerprint density at radius 2 is 1.71 bits per heavy atom. The monoisotopic (exact) mass is 613 g/mol. The van der Waals surface area contributed by atoms with Crippen molar-refractivity contribution in [1.82, 2.24) is 0 Å². The van der Waals surface area contributed by atoms with Crippen LogP contribution in [0.15, 0.2) is 59.1 Å². The van der Waals surface area contributed by atoms with E-state index in [4.69, 9.17) is 46.4 Å². The van der Waals surface area contributed by atoms with Crippen molar-refractivity contribution < 1.29 is 14.0 Å². The fourth-order valence-corrected chi connectivity index (χ4v) is 5.22. The first-order valence-corrected chi connectivity index (χ1v) is 12.3. The molecule has 0 radical (unpaired) electrons. The summed E-state index contributed by atoms with van der Waals surface area (Å²) in [5.74, 6) is -2.90. The molecule has 35 heavy (non-hydrogen) atoms. The predicted molar refractivity (Wildman–Crippen MR) is 139 cm³/mol. The van der Waals surface area contributed by atoms with Crippen molar-refractivity contribution in [3.8, 4) is 6.07 Å². The molecule has 2 atom stereocenters. The van der Waals surface area contributed by atoms with Crippen molar-refractivity contribution in [3.63, 3.8) is 0 Å². The molecule has 1 aliphatic rings. The molecule has 1 saturated carbocycles. The minimum Gasteiger partial charge on any atom is -0.326 e. The van der Waals surface area contributed by atoms with Crippen LogP contribution in [0.1, 0.15) is 27.4 Å². The summed E-state index contributed by atoms with van der Waals surface area (Å²) in [6, 6.07) is 14.7. The number of nitrogens with one attached hydrogen (secondary N) is 2. The van der Waals surface area contributed by atoms with E-state index < -0.39 is 33.8 Å². The van der Waals surface area contributed by atoms with Gasteiger partial charge in [-0.15, -0.1) is 23.2 Å². The van der Waals surface area contributed by atoms with Crippen LogP contribution < -0.4 is 10.6 Å². The van der Waals surface area contributed by atoms with Gasteiger partial charge in [-0.2, -0.15) is 5.26 Å². The van der Waals surface area contributed by atoms with Gasteiger partial charge in [-0.05, 0) is 70.0 Å². The molecule has 0 unspecified atom stereocenters. The highest BCUT2D eigenvalue weighted by molar-refractivity contribution is 9.10. The fourth-order valence-electron chi connectivity index (χ4n) is 3.68. The van der Waals surface area contributed by atoms with Gasteiger partial charge in [-0.1, -0.05) is 29.3 Å². The molecule has 1 fully saturated rings. The van der Waals surface area contributed by atoms with E-state index in [0.29, 0.717) is 9.50 Å². The summed E-state index contributed by atoms with van der Waals surface area (Å²) in [7, 11) is 0. The second kappa shape index (κ2) is 9.96. The molecule has 1 aliphatic carbocycles. The quantitative estimate of drug-likeness (QED) is 0.291. The van der Waals surface area contributed by atoms with Crippen molar-refractivity contribution >= 4 is 85.5 Å². The lowest BCUT2D eigenvalue weighted by atomic mass is 10.1. The fraction of sp³-hybridized carbons (Fsp3) is 0.125. The first-order chi connectivity index (χ1) is 16.5. The Bertz CT molecular complexity index is 1410. The number of carbonyl (C=O) groups excluding carboxylic acids is 2. The molecule has 3 aromatic carbocycles. The molecule has 0 bridgehead atoms. The average molecular weight is 616 g/mol. The molecule has 0 spiro atoms. The van der Waals surface area contributed by atoms with Crippen LogP contribution in [0.5, 0.6) is 0 Å². The van der Waals surface area contributed by atoms with Gasteiger partial charge in [0.05, 0.1) is 32.8 Å². The van der Waals surface area contributed by atoms with Crippen LogP contribution in [0, 0.1) is 23.1 Å². The van der Waals surface area contributed by atoms with Crippen molar-refractivity contribution in [2.75, 3.05) is 10.6 Å². The number of halogens is 6. The average Bonchev–Trinajstić information content (AvgIpc) is 3.39. The van der Waals surface area contributed by atoms with Gasteiger partial charge in [0.15, 0.2) is 0 Å². The number of hydrogen-bond donors (Lipinski definition) is 2. The van der Waals surface area contributed by atoms with Crippen LogP contribution in [0.3, 0.4) is 0 Å². The van der Waals surface area contributed by atoms with E-state index in [0.717, 1.165) is 17.7 Å². The Morgan fingerprint density at radius 1 is 1.00 bits per heavy atom. The summed E-state index contributed by atoms with van der Waals surface area (Å²) in [6.45, 7) is 0. The Labute approximate surface area is 228 Å². The number of benzene rings is 3. The highest BCUT2D eigenvalue weighted by Crippen LogP contribution is 2.65. The smallest absolute Gasteiger partial charge is 0.257 e. The molecule has 178 valence electrons. The van der Waals surface area contributed by atoms with E-state index in [1.54, 1.807) is 18.2 Å². The van der Waals surface area contributed by atoms with E-state index in [1.807, 2.05) is 6.07 Å². The van der Waals surface area contributed by atoms with Gasteiger partial charge in [0, 0.05) is 16.1 Å². The minimum atomic E-state index is -1.32. The van der Waals surface area contributed by atoms with Gasteiger partial charge < -0.3 is 10.6 Å². The maximum atomic E-state index is 13.4. The Hall–Kier alpha value is -2.34. The SMILES string of the molecule is N#Cc1cc(F)ccc1NC(=O)c1cc(NC(=O)[C@@H]2[C@@H](c3ccc(Cl)c(Br)c3)C2(Cl)Cl)ccc1Cl. The number of rotatable bonds is 5. The first-order valence-electron chi connectivity index (χ1n) is 9.97. The predicted octanol–water partition coefficient (Wildman–Crippen LogP) is 7.54. The lowest BCUT2D eigenvalue weighted by molar-refractivity contribution is -0.117. The zero-order chi connectivity index (χ0) is 25.5. The summed E-state index contributed by atoms with van der Waals surface area (Å²) >= 11 is 28.4. The molecule has 11 heteroatoms. The van der Waals surface area contributed by atoms with Gasteiger partial charge >= 0.3 is 0 Å². The second-order valence-corrected chi connectivity index (χ2v) is 10.9. The van der Waals surface area contributed by atoms with Crippen LogP contribution >= 0.6 is 62.3 Å². The zero-order valence-corrected chi connectivity index (χ0v) is 22.0. The minimum absolute atomic E-state index is 0.0367. The summed E-state index contributed by atoms with van der Waals surface area (Å²) in [5.41, 5.74) is 1.14. The van der Waals surface area contributed by atoms with Crippen LogP contribution in [0.4, 0.5) is 15.8 Å². The lowest BCUT2D eigenvalue weighted by Crippen LogP contribution is -2.18. The van der Waals surface area contributed by atoms with Crippen LogP contribution in [0.2, 0.25) is 10.0 Å². The second-order valence-electron chi connectivity index (χ2n) is 7.74. The Kier molecular flexibility index (Phi) is 7.33. The van der Waals surface area contributed by atoms with Gasteiger partial charge in [-0.25, -0.2) is 4.39 Å². The van der Waals surface area contributed by atoms with E-state index >= 15 is 0 Å². The molecule has 4 rings (SSSR count). The van der Waals surface area contributed by atoms with Gasteiger partial charge in [-0.3, -0.25) is 9.59 Å². The van der Waals surface area contributed by atoms with Crippen molar-refractivity contribution in [3.05, 3.63) is 91.6 Å². The Balaban J connectivity index is 1.52. The Morgan fingerprint density at radius 3 is 2.40 bits per heavy atom. The summed E-state index contributed by atoms with van der Waals surface area (Å²) in [5, 5.41) is 15.1. The van der Waals surface area contributed by atoms with Crippen LogP contribution in [0.25, 0.3) is 0 Å². The molecular formula is C24H13BrCl4FN3O2. The number of carbonyl (C=O) groups is 2. The van der Waals surface area contributed by atoms with Crippen LogP contribution in [-0.2, 0) is 4.79 Å². The van der Waals surface area contributed by atoms with Crippen LogP contribution in [-0.4, -0.2) is 16.1 Å². The molecule has 2 N–H and O–H groups in total. The lowest BCUT2D eigenvalue weighted by Gasteiger charge is -2.11. The molecule has 0 heterocycles. The van der Waals surface area contributed by atoms with Crippen molar-refractivity contribution in [1.29, 1.82) is 5.26 Å². The van der Waals surface area contributed by atoms with Gasteiger partial charge in [0.25, 0.3) is 5.91 Å². The number of nitriles is 1. The highest BCUT2D eigenvalue weighted by Gasteiger charge is 2.67. The summed E-state index contributed by atoms with van der Waals surface area (Å²) in [4.78, 5) is 25.8. The van der Waals surface area contributed by atoms with E-state index in [9.17, 15) is 19.2 Å². The molecule has 0 saturated heterocycles. The number of amides is 2. The largest absolute Gasteiger partial charge is 0.326 e. The summed E-state index contributed by atoms with van der Waals surface area (Å²) < 4.78 is 12.7. The topological polar surface area (TPSA) is 82.0 Å². The number of nitrogens with zero attached hydrogens (tertiary/aromatic N) is 1. The highest BCUT2D eigenvalue weighted by atomic mass is 79.9. The van der Waals surface area contributed by atoms with E-state index in [2.05, 4.69) is 26.6 Å². The summed E-state index contributed by atoms with van der Waals surface area (Å²) in [6.07, 6.45) is 0. The van der Waals surface area contributed by atoms with E-state index in [1.165, 1.54) is 24.3 Å². The third-order valence-corrected chi connectivity index (χ3v) is 7.95. The van der Waals surface area contributed by atoms with Crippen molar-refractivity contribution in [2.45, 2.75) is 10.3 Å². The third-order valence-electron chi connectivity index (χ3n) is 5.47. The molecular weight excluding hydrogens is 603 g/mol. The molecule has 0 aliphatic heterocycles. The van der Waals surface area contributed by atoms with Gasteiger partial charge in [0.1, 0.15) is 16.2 Å². The molecule has 0 aromatic heterocycles.